The Balaban J connectivity index is 2.81. The SMILES string of the molecule is CSCCC(NC(=O)c1cccc([N+](=O)[O-])c1)C(=O)NCCN. The van der Waals surface area contributed by atoms with Crippen molar-refractivity contribution in [2.75, 3.05) is 25.1 Å². The fourth-order valence-electron chi connectivity index (χ4n) is 1.83. The molecule has 1 atom stereocenters. The lowest BCUT2D eigenvalue weighted by atomic mass is 10.1. The number of nitro groups is 1. The maximum Gasteiger partial charge on any atom is 0.270 e. The summed E-state index contributed by atoms with van der Waals surface area (Å²) in [6, 6.07) is 4.67. The summed E-state index contributed by atoms with van der Waals surface area (Å²) in [4.78, 5) is 34.5. The van der Waals surface area contributed by atoms with E-state index in [-0.39, 0.29) is 17.2 Å². The number of benzene rings is 1. The molecule has 0 saturated heterocycles. The van der Waals surface area contributed by atoms with Gasteiger partial charge in [-0.2, -0.15) is 11.8 Å². The molecule has 0 saturated carbocycles. The predicted octanol–water partition coefficient (Wildman–Crippen LogP) is 0.521. The zero-order valence-electron chi connectivity index (χ0n) is 12.8. The van der Waals surface area contributed by atoms with Crippen LogP contribution in [0.15, 0.2) is 24.3 Å². The van der Waals surface area contributed by atoms with Gasteiger partial charge in [0.15, 0.2) is 0 Å². The molecule has 1 aromatic rings. The average Bonchev–Trinajstić information content (AvgIpc) is 2.56. The summed E-state index contributed by atoms with van der Waals surface area (Å²) in [5.74, 6) is -0.151. The molecule has 0 heterocycles. The first-order valence-electron chi connectivity index (χ1n) is 7.01. The van der Waals surface area contributed by atoms with Crippen LogP contribution in [0.5, 0.6) is 0 Å². The molecular formula is C14H20N4O4S. The summed E-state index contributed by atoms with van der Waals surface area (Å²) >= 11 is 1.56. The van der Waals surface area contributed by atoms with Gasteiger partial charge < -0.3 is 16.4 Å². The number of carbonyl (C=O) groups is 2. The Morgan fingerprint density at radius 1 is 1.43 bits per heavy atom. The van der Waals surface area contributed by atoms with Gasteiger partial charge in [-0.1, -0.05) is 6.07 Å². The molecule has 23 heavy (non-hydrogen) atoms. The van der Waals surface area contributed by atoms with Gasteiger partial charge in [0.2, 0.25) is 5.91 Å². The zero-order valence-corrected chi connectivity index (χ0v) is 13.6. The summed E-state index contributed by atoms with van der Waals surface area (Å²) in [7, 11) is 0. The van der Waals surface area contributed by atoms with Gasteiger partial charge in [-0.3, -0.25) is 19.7 Å². The molecule has 0 aromatic heterocycles. The Morgan fingerprint density at radius 3 is 2.78 bits per heavy atom. The van der Waals surface area contributed by atoms with Gasteiger partial charge in [0.1, 0.15) is 6.04 Å². The Labute approximate surface area is 138 Å². The second-order valence-corrected chi connectivity index (χ2v) is 5.68. The van der Waals surface area contributed by atoms with Crippen molar-refractivity contribution in [3.05, 3.63) is 39.9 Å². The summed E-state index contributed by atoms with van der Waals surface area (Å²) < 4.78 is 0. The van der Waals surface area contributed by atoms with Gasteiger partial charge in [-0.05, 0) is 24.5 Å². The van der Waals surface area contributed by atoms with Gasteiger partial charge in [-0.15, -0.1) is 0 Å². The number of rotatable bonds is 9. The molecule has 0 radical (unpaired) electrons. The highest BCUT2D eigenvalue weighted by Gasteiger charge is 2.21. The third-order valence-electron chi connectivity index (χ3n) is 3.00. The summed E-state index contributed by atoms with van der Waals surface area (Å²) in [6.45, 7) is 0.626. The summed E-state index contributed by atoms with van der Waals surface area (Å²) in [5, 5.41) is 16.0. The van der Waals surface area contributed by atoms with Crippen LogP contribution in [0.3, 0.4) is 0 Å². The minimum atomic E-state index is -0.708. The van der Waals surface area contributed by atoms with Crippen molar-refractivity contribution in [1.29, 1.82) is 0 Å². The van der Waals surface area contributed by atoms with E-state index in [4.69, 9.17) is 5.73 Å². The minimum absolute atomic E-state index is 0.139. The Kier molecular flexibility index (Phi) is 8.06. The number of hydrogen-bond donors (Lipinski definition) is 3. The smallest absolute Gasteiger partial charge is 0.270 e. The Hall–Kier alpha value is -2.13. The van der Waals surface area contributed by atoms with Crippen LogP contribution in [0.1, 0.15) is 16.8 Å². The number of hydrogen-bond acceptors (Lipinski definition) is 6. The molecule has 0 bridgehead atoms. The van der Waals surface area contributed by atoms with E-state index in [0.717, 1.165) is 0 Å². The number of nitrogens with zero attached hydrogens (tertiary/aromatic N) is 1. The highest BCUT2D eigenvalue weighted by Crippen LogP contribution is 2.13. The van der Waals surface area contributed by atoms with E-state index in [1.807, 2.05) is 6.26 Å². The molecule has 2 amide bonds. The first-order chi connectivity index (χ1) is 11.0. The van der Waals surface area contributed by atoms with Crippen molar-refractivity contribution >= 4 is 29.3 Å². The second kappa shape index (κ2) is 9.80. The van der Waals surface area contributed by atoms with Crippen LogP contribution in [0, 0.1) is 10.1 Å². The molecule has 1 unspecified atom stereocenters. The molecule has 1 rings (SSSR count). The van der Waals surface area contributed by atoms with Crippen LogP contribution in [0.4, 0.5) is 5.69 Å². The molecule has 8 nitrogen and oxygen atoms in total. The number of nitrogens with one attached hydrogen (secondary N) is 2. The van der Waals surface area contributed by atoms with Crippen LogP contribution >= 0.6 is 11.8 Å². The van der Waals surface area contributed by atoms with E-state index in [0.29, 0.717) is 25.3 Å². The zero-order chi connectivity index (χ0) is 17.2. The van der Waals surface area contributed by atoms with Crippen LogP contribution in [0.2, 0.25) is 0 Å². The third-order valence-corrected chi connectivity index (χ3v) is 3.64. The van der Waals surface area contributed by atoms with E-state index in [2.05, 4.69) is 10.6 Å². The molecule has 0 aliphatic carbocycles. The van der Waals surface area contributed by atoms with E-state index < -0.39 is 16.9 Å². The molecule has 0 aliphatic rings. The number of nitro benzene ring substituents is 1. The highest BCUT2D eigenvalue weighted by atomic mass is 32.2. The molecule has 0 spiro atoms. The number of non-ortho nitro benzene ring substituents is 1. The first-order valence-corrected chi connectivity index (χ1v) is 8.41. The molecule has 126 valence electrons. The molecule has 0 aliphatic heterocycles. The topological polar surface area (TPSA) is 127 Å². The Morgan fingerprint density at radius 2 is 2.17 bits per heavy atom. The lowest BCUT2D eigenvalue weighted by Crippen LogP contribution is -2.48. The summed E-state index contributed by atoms with van der Waals surface area (Å²) in [5.41, 5.74) is 5.31. The minimum Gasteiger partial charge on any atom is -0.353 e. The van der Waals surface area contributed by atoms with Crippen LogP contribution < -0.4 is 16.4 Å². The van der Waals surface area contributed by atoms with E-state index in [1.165, 1.54) is 24.3 Å². The fraction of sp³-hybridized carbons (Fsp3) is 0.429. The average molecular weight is 340 g/mol. The van der Waals surface area contributed by atoms with Gasteiger partial charge in [0.05, 0.1) is 4.92 Å². The number of amides is 2. The highest BCUT2D eigenvalue weighted by molar-refractivity contribution is 7.98. The second-order valence-electron chi connectivity index (χ2n) is 4.69. The number of nitrogens with two attached hydrogens (primary N) is 1. The van der Waals surface area contributed by atoms with E-state index in [1.54, 1.807) is 11.8 Å². The lowest BCUT2D eigenvalue weighted by Gasteiger charge is -2.18. The normalized spacial score (nSPS) is 11.6. The first kappa shape index (κ1) is 18.9. The van der Waals surface area contributed by atoms with Gasteiger partial charge in [0.25, 0.3) is 11.6 Å². The number of thioether (sulfide) groups is 1. The quantitative estimate of drug-likeness (QED) is 0.444. The van der Waals surface area contributed by atoms with Crippen molar-refractivity contribution in [2.45, 2.75) is 12.5 Å². The number of carbonyl (C=O) groups excluding carboxylic acids is 2. The van der Waals surface area contributed by atoms with Crippen LogP contribution in [-0.2, 0) is 4.79 Å². The van der Waals surface area contributed by atoms with Crippen LogP contribution in [-0.4, -0.2) is 47.9 Å². The van der Waals surface area contributed by atoms with E-state index in [9.17, 15) is 19.7 Å². The standard InChI is InChI=1S/C14H20N4O4S/c1-23-8-5-12(14(20)16-7-6-15)17-13(19)10-3-2-4-11(9-10)18(21)22/h2-4,9,12H,5-8,15H2,1H3,(H,16,20)(H,17,19). The third kappa shape index (κ3) is 6.25. The largest absolute Gasteiger partial charge is 0.353 e. The van der Waals surface area contributed by atoms with Gasteiger partial charge in [-0.25, -0.2) is 0 Å². The van der Waals surface area contributed by atoms with Crippen LogP contribution in [0.25, 0.3) is 0 Å². The maximum atomic E-state index is 12.2. The predicted molar refractivity (Wildman–Crippen MR) is 89.4 cm³/mol. The molecule has 4 N–H and O–H groups in total. The maximum absolute atomic E-state index is 12.2. The van der Waals surface area contributed by atoms with Gasteiger partial charge >= 0.3 is 0 Å². The van der Waals surface area contributed by atoms with Crippen molar-refractivity contribution in [3.8, 4) is 0 Å². The monoisotopic (exact) mass is 340 g/mol. The molecule has 0 fully saturated rings. The molecule has 1 aromatic carbocycles. The molecule has 9 heteroatoms. The van der Waals surface area contributed by atoms with Crippen molar-refractivity contribution in [1.82, 2.24) is 10.6 Å². The molecular weight excluding hydrogens is 320 g/mol. The Bertz CT molecular complexity index is 567. The van der Waals surface area contributed by atoms with Gasteiger partial charge in [0, 0.05) is 30.8 Å². The van der Waals surface area contributed by atoms with Crippen molar-refractivity contribution < 1.29 is 14.5 Å². The van der Waals surface area contributed by atoms with E-state index >= 15 is 0 Å². The van der Waals surface area contributed by atoms with Crippen molar-refractivity contribution in [2.24, 2.45) is 5.73 Å². The lowest BCUT2D eigenvalue weighted by molar-refractivity contribution is -0.384. The summed E-state index contributed by atoms with van der Waals surface area (Å²) in [6.07, 6.45) is 2.36. The van der Waals surface area contributed by atoms with Crippen molar-refractivity contribution in [3.63, 3.8) is 0 Å². The fourth-order valence-corrected chi connectivity index (χ4v) is 2.30.